The third-order valence-corrected chi connectivity index (χ3v) is 3.75. The summed E-state index contributed by atoms with van der Waals surface area (Å²) in [6.45, 7) is 5.13. The molecule has 1 aromatic rings. The third kappa shape index (κ3) is 4.51. The number of hydrogen-bond donors (Lipinski definition) is 1. The Morgan fingerprint density at radius 1 is 1.21 bits per heavy atom. The molecule has 3 heteroatoms. The summed E-state index contributed by atoms with van der Waals surface area (Å²) in [5.41, 5.74) is 1.38. The number of ether oxygens (including phenoxy) is 1. The van der Waals surface area contributed by atoms with E-state index in [1.54, 1.807) is 0 Å². The first-order chi connectivity index (χ1) is 9.15. The summed E-state index contributed by atoms with van der Waals surface area (Å²) in [4.78, 5) is 2.13. The van der Waals surface area contributed by atoms with Crippen molar-refractivity contribution < 1.29 is 4.74 Å². The Morgan fingerprint density at radius 3 is 2.53 bits per heavy atom. The standard InChI is InChI=1S/C16H26N2O/c1-13-4-9-16(17-12-13)14-5-7-15(8-6-14)19-11-10-18(2)3/h5-8,13,16-17H,4,9-12H2,1-3H3/t13-,16+/m0/s1. The quantitative estimate of drug-likeness (QED) is 0.883. The summed E-state index contributed by atoms with van der Waals surface area (Å²) < 4.78 is 5.71. The van der Waals surface area contributed by atoms with Crippen molar-refractivity contribution >= 4 is 0 Å². The Kier molecular flexibility index (Phi) is 5.23. The van der Waals surface area contributed by atoms with Crippen LogP contribution in [-0.4, -0.2) is 38.7 Å². The average Bonchev–Trinajstić information content (AvgIpc) is 2.40. The van der Waals surface area contributed by atoms with Gasteiger partial charge in [-0.05, 0) is 57.1 Å². The molecule has 106 valence electrons. The summed E-state index contributed by atoms with van der Waals surface area (Å²) in [5.74, 6) is 1.78. The van der Waals surface area contributed by atoms with E-state index in [1.165, 1.54) is 18.4 Å². The Morgan fingerprint density at radius 2 is 1.95 bits per heavy atom. The monoisotopic (exact) mass is 262 g/mol. The number of hydrogen-bond acceptors (Lipinski definition) is 3. The number of nitrogens with zero attached hydrogens (tertiary/aromatic N) is 1. The molecule has 2 rings (SSSR count). The molecule has 3 nitrogen and oxygen atoms in total. The van der Waals surface area contributed by atoms with Gasteiger partial charge in [0, 0.05) is 12.6 Å². The van der Waals surface area contributed by atoms with E-state index in [2.05, 4.69) is 55.5 Å². The maximum absolute atomic E-state index is 5.71. The molecule has 1 heterocycles. The van der Waals surface area contributed by atoms with Gasteiger partial charge in [-0.15, -0.1) is 0 Å². The highest BCUT2D eigenvalue weighted by Gasteiger charge is 2.18. The molecule has 0 radical (unpaired) electrons. The summed E-state index contributed by atoms with van der Waals surface area (Å²) >= 11 is 0. The van der Waals surface area contributed by atoms with Crippen LogP contribution in [-0.2, 0) is 0 Å². The molecule has 0 saturated carbocycles. The fourth-order valence-electron chi connectivity index (χ4n) is 2.43. The van der Waals surface area contributed by atoms with Crippen LogP contribution >= 0.6 is 0 Å². The molecule has 1 saturated heterocycles. The molecule has 1 N–H and O–H groups in total. The van der Waals surface area contributed by atoms with Gasteiger partial charge in [0.2, 0.25) is 0 Å². The molecule has 1 fully saturated rings. The number of nitrogens with one attached hydrogen (secondary N) is 1. The largest absolute Gasteiger partial charge is 0.492 e. The van der Waals surface area contributed by atoms with Crippen LogP contribution in [0.1, 0.15) is 31.4 Å². The molecule has 0 aliphatic carbocycles. The molecule has 2 atom stereocenters. The SMILES string of the molecule is C[C@H]1CC[C@H](c2ccc(OCCN(C)C)cc2)NC1. The van der Waals surface area contributed by atoms with Crippen LogP contribution < -0.4 is 10.1 Å². The van der Waals surface area contributed by atoms with Crippen molar-refractivity contribution in [1.29, 1.82) is 0 Å². The lowest BCUT2D eigenvalue weighted by atomic mass is 9.92. The van der Waals surface area contributed by atoms with E-state index in [0.717, 1.165) is 31.4 Å². The summed E-state index contributed by atoms with van der Waals surface area (Å²) in [6, 6.07) is 9.08. The molecule has 19 heavy (non-hydrogen) atoms. The third-order valence-electron chi connectivity index (χ3n) is 3.75. The molecule has 1 aromatic carbocycles. The Balaban J connectivity index is 1.84. The van der Waals surface area contributed by atoms with Gasteiger partial charge >= 0.3 is 0 Å². The van der Waals surface area contributed by atoms with Gasteiger partial charge in [-0.1, -0.05) is 19.1 Å². The molecule has 0 spiro atoms. The minimum Gasteiger partial charge on any atom is -0.492 e. The van der Waals surface area contributed by atoms with E-state index in [0.29, 0.717) is 6.04 Å². The van der Waals surface area contributed by atoms with E-state index in [9.17, 15) is 0 Å². The van der Waals surface area contributed by atoms with Crippen molar-refractivity contribution in [1.82, 2.24) is 10.2 Å². The average molecular weight is 262 g/mol. The lowest BCUT2D eigenvalue weighted by Gasteiger charge is -2.28. The summed E-state index contributed by atoms with van der Waals surface area (Å²) in [5, 5.41) is 3.62. The summed E-state index contributed by atoms with van der Waals surface area (Å²) in [6.07, 6.45) is 2.56. The predicted octanol–water partition coefficient (Wildman–Crippen LogP) is 2.69. The lowest BCUT2D eigenvalue weighted by Crippen LogP contribution is -2.31. The zero-order chi connectivity index (χ0) is 13.7. The van der Waals surface area contributed by atoms with Gasteiger partial charge in [-0.3, -0.25) is 0 Å². The number of benzene rings is 1. The maximum Gasteiger partial charge on any atom is 0.119 e. The van der Waals surface area contributed by atoms with Crippen molar-refractivity contribution in [3.63, 3.8) is 0 Å². The second-order valence-electron chi connectivity index (χ2n) is 5.86. The smallest absolute Gasteiger partial charge is 0.119 e. The van der Waals surface area contributed by atoms with E-state index < -0.39 is 0 Å². The van der Waals surface area contributed by atoms with Crippen LogP contribution in [0.5, 0.6) is 5.75 Å². The molecule has 0 amide bonds. The highest BCUT2D eigenvalue weighted by atomic mass is 16.5. The van der Waals surface area contributed by atoms with Crippen LogP contribution in [0.2, 0.25) is 0 Å². The van der Waals surface area contributed by atoms with Gasteiger partial charge in [0.1, 0.15) is 12.4 Å². The number of rotatable bonds is 5. The normalized spacial score (nSPS) is 23.6. The highest BCUT2D eigenvalue weighted by molar-refractivity contribution is 5.29. The molecular formula is C16H26N2O. The van der Waals surface area contributed by atoms with Gasteiger partial charge in [0.15, 0.2) is 0 Å². The van der Waals surface area contributed by atoms with E-state index in [-0.39, 0.29) is 0 Å². The van der Waals surface area contributed by atoms with Gasteiger partial charge in [-0.25, -0.2) is 0 Å². The Labute approximate surface area is 116 Å². The van der Waals surface area contributed by atoms with E-state index in [4.69, 9.17) is 4.74 Å². The van der Waals surface area contributed by atoms with Gasteiger partial charge in [-0.2, -0.15) is 0 Å². The molecule has 0 aromatic heterocycles. The van der Waals surface area contributed by atoms with Crippen molar-refractivity contribution in [3.8, 4) is 5.75 Å². The van der Waals surface area contributed by atoms with Gasteiger partial charge in [0.05, 0.1) is 0 Å². The van der Waals surface area contributed by atoms with Crippen LogP contribution in [0.15, 0.2) is 24.3 Å². The van der Waals surface area contributed by atoms with E-state index >= 15 is 0 Å². The zero-order valence-corrected chi connectivity index (χ0v) is 12.4. The van der Waals surface area contributed by atoms with Crippen LogP contribution in [0, 0.1) is 5.92 Å². The van der Waals surface area contributed by atoms with Crippen molar-refractivity contribution in [2.24, 2.45) is 5.92 Å². The predicted molar refractivity (Wildman–Crippen MR) is 79.6 cm³/mol. The maximum atomic E-state index is 5.71. The first-order valence-electron chi connectivity index (χ1n) is 7.26. The van der Waals surface area contributed by atoms with Crippen molar-refractivity contribution in [3.05, 3.63) is 29.8 Å². The first kappa shape index (κ1) is 14.4. The molecule has 0 unspecified atom stereocenters. The fraction of sp³-hybridized carbons (Fsp3) is 0.625. The fourth-order valence-corrected chi connectivity index (χ4v) is 2.43. The molecule has 1 aliphatic heterocycles. The van der Waals surface area contributed by atoms with Gasteiger partial charge in [0.25, 0.3) is 0 Å². The van der Waals surface area contributed by atoms with E-state index in [1.807, 2.05) is 0 Å². The number of likely N-dealkylation sites (N-methyl/N-ethyl adjacent to an activating group) is 1. The second-order valence-corrected chi connectivity index (χ2v) is 5.86. The van der Waals surface area contributed by atoms with Crippen LogP contribution in [0.4, 0.5) is 0 Å². The van der Waals surface area contributed by atoms with Crippen molar-refractivity contribution in [2.45, 2.75) is 25.8 Å². The Bertz CT molecular complexity index is 367. The summed E-state index contributed by atoms with van der Waals surface area (Å²) in [7, 11) is 4.12. The minimum absolute atomic E-state index is 0.520. The topological polar surface area (TPSA) is 24.5 Å². The first-order valence-corrected chi connectivity index (χ1v) is 7.26. The minimum atomic E-state index is 0.520. The van der Waals surface area contributed by atoms with Crippen LogP contribution in [0.25, 0.3) is 0 Å². The Hall–Kier alpha value is -1.06. The van der Waals surface area contributed by atoms with Crippen LogP contribution in [0.3, 0.4) is 0 Å². The molecular weight excluding hydrogens is 236 g/mol. The molecule has 1 aliphatic rings. The molecule has 0 bridgehead atoms. The second kappa shape index (κ2) is 6.92. The van der Waals surface area contributed by atoms with Gasteiger partial charge < -0.3 is 15.0 Å². The zero-order valence-electron chi connectivity index (χ0n) is 12.4. The highest BCUT2D eigenvalue weighted by Crippen LogP contribution is 2.26. The lowest BCUT2D eigenvalue weighted by molar-refractivity contribution is 0.261. The van der Waals surface area contributed by atoms with Crippen molar-refractivity contribution in [2.75, 3.05) is 33.8 Å². The number of piperidine rings is 1.